The quantitative estimate of drug-likeness (QED) is 0.463. The van der Waals surface area contributed by atoms with Gasteiger partial charge < -0.3 is 4.74 Å². The number of hydrogen-bond donors (Lipinski definition) is 2. The molecule has 0 saturated carbocycles. The van der Waals surface area contributed by atoms with E-state index in [-0.39, 0.29) is 16.2 Å². The van der Waals surface area contributed by atoms with Crippen LogP contribution in [0.2, 0.25) is 0 Å². The van der Waals surface area contributed by atoms with E-state index in [9.17, 15) is 13.2 Å². The van der Waals surface area contributed by atoms with Crippen LogP contribution < -0.4 is 10.6 Å². The molecule has 0 aliphatic rings. The Balaban J connectivity index is 3.02. The molecule has 0 aromatic heterocycles. The molecule has 8 heteroatoms. The zero-order valence-corrected chi connectivity index (χ0v) is 11.2. The van der Waals surface area contributed by atoms with Gasteiger partial charge in [-0.05, 0) is 19.1 Å². The summed E-state index contributed by atoms with van der Waals surface area (Å²) in [6.45, 7) is 1.50. The van der Waals surface area contributed by atoms with E-state index in [2.05, 4.69) is 10.3 Å². The Labute approximate surface area is 111 Å². The number of rotatable bonds is 5. The maximum absolute atomic E-state index is 11.8. The standard InChI is InChI=1S/C11H14N2O5S/c1-8(7-13-17-2)18-11(14)9-5-3-4-6-10(9)19(12,15)16/h3-7,13H,1-2H3,(H2,12,15,16). The maximum Gasteiger partial charge on any atom is 0.344 e. The number of hydroxylamine groups is 1. The van der Waals surface area contributed by atoms with Gasteiger partial charge in [-0.2, -0.15) is 0 Å². The zero-order chi connectivity index (χ0) is 14.5. The first-order valence-corrected chi connectivity index (χ1v) is 6.70. The van der Waals surface area contributed by atoms with Crippen molar-refractivity contribution in [1.82, 2.24) is 5.48 Å². The summed E-state index contributed by atoms with van der Waals surface area (Å²) in [6.07, 6.45) is 1.30. The average molecular weight is 286 g/mol. The summed E-state index contributed by atoms with van der Waals surface area (Å²) in [5.41, 5.74) is 2.24. The van der Waals surface area contributed by atoms with E-state index in [0.717, 1.165) is 0 Å². The van der Waals surface area contributed by atoms with Gasteiger partial charge in [0, 0.05) is 0 Å². The van der Waals surface area contributed by atoms with Gasteiger partial charge in [-0.1, -0.05) is 12.1 Å². The number of primary sulfonamides is 1. The van der Waals surface area contributed by atoms with Crippen molar-refractivity contribution in [2.75, 3.05) is 7.11 Å². The van der Waals surface area contributed by atoms with Crippen LogP contribution >= 0.6 is 0 Å². The van der Waals surface area contributed by atoms with Gasteiger partial charge in [0.15, 0.2) is 0 Å². The van der Waals surface area contributed by atoms with Gasteiger partial charge >= 0.3 is 5.97 Å². The van der Waals surface area contributed by atoms with Crippen molar-refractivity contribution in [2.45, 2.75) is 11.8 Å². The van der Waals surface area contributed by atoms with Crippen LogP contribution in [-0.2, 0) is 19.6 Å². The zero-order valence-electron chi connectivity index (χ0n) is 10.4. The molecule has 7 nitrogen and oxygen atoms in total. The Morgan fingerprint density at radius 3 is 2.58 bits per heavy atom. The number of esters is 1. The average Bonchev–Trinajstić information content (AvgIpc) is 2.35. The molecular weight excluding hydrogens is 272 g/mol. The van der Waals surface area contributed by atoms with E-state index < -0.39 is 16.0 Å². The highest BCUT2D eigenvalue weighted by Gasteiger charge is 2.20. The Morgan fingerprint density at radius 2 is 2.00 bits per heavy atom. The van der Waals surface area contributed by atoms with Crippen LogP contribution in [-0.4, -0.2) is 21.5 Å². The fourth-order valence-electron chi connectivity index (χ4n) is 1.26. The molecule has 0 aliphatic heterocycles. The molecule has 0 heterocycles. The topological polar surface area (TPSA) is 108 Å². The van der Waals surface area contributed by atoms with Crippen LogP contribution in [0.4, 0.5) is 0 Å². The molecule has 0 amide bonds. The highest BCUT2D eigenvalue weighted by atomic mass is 32.2. The van der Waals surface area contributed by atoms with Crippen LogP contribution in [0, 0.1) is 0 Å². The second-order valence-corrected chi connectivity index (χ2v) is 5.04. The molecule has 0 saturated heterocycles. The number of allylic oxidation sites excluding steroid dienone is 1. The third-order valence-corrected chi connectivity index (χ3v) is 3.02. The first-order valence-electron chi connectivity index (χ1n) is 5.15. The number of ether oxygens (including phenoxy) is 1. The SMILES string of the molecule is CONC=C(C)OC(=O)c1ccccc1S(N)(=O)=O. The van der Waals surface area contributed by atoms with E-state index in [1.54, 1.807) is 0 Å². The Hall–Kier alpha value is -1.90. The van der Waals surface area contributed by atoms with Crippen molar-refractivity contribution in [3.8, 4) is 0 Å². The lowest BCUT2D eigenvalue weighted by Gasteiger charge is -2.08. The molecule has 0 atom stereocenters. The number of nitrogens with one attached hydrogen (secondary N) is 1. The summed E-state index contributed by atoms with van der Waals surface area (Å²) in [7, 11) is -2.60. The molecule has 1 rings (SSSR count). The number of nitrogens with two attached hydrogens (primary N) is 1. The smallest absolute Gasteiger partial charge is 0.344 e. The number of carbonyl (C=O) groups is 1. The third kappa shape index (κ3) is 4.36. The van der Waals surface area contributed by atoms with E-state index in [1.807, 2.05) is 0 Å². The predicted octanol–water partition coefficient (Wildman–Crippen LogP) is 0.503. The van der Waals surface area contributed by atoms with Crippen molar-refractivity contribution in [3.05, 3.63) is 41.8 Å². The van der Waals surface area contributed by atoms with Crippen molar-refractivity contribution in [1.29, 1.82) is 0 Å². The molecule has 3 N–H and O–H groups in total. The monoisotopic (exact) mass is 286 g/mol. The number of benzene rings is 1. The maximum atomic E-state index is 11.8. The molecule has 0 aliphatic carbocycles. The number of carbonyl (C=O) groups excluding carboxylic acids is 1. The van der Waals surface area contributed by atoms with Crippen LogP contribution in [0.5, 0.6) is 0 Å². The third-order valence-electron chi connectivity index (χ3n) is 2.05. The highest BCUT2D eigenvalue weighted by molar-refractivity contribution is 7.89. The highest BCUT2D eigenvalue weighted by Crippen LogP contribution is 2.16. The fourth-order valence-corrected chi connectivity index (χ4v) is 1.98. The lowest BCUT2D eigenvalue weighted by Crippen LogP contribution is -2.18. The molecule has 0 unspecified atom stereocenters. The number of sulfonamides is 1. The minimum absolute atomic E-state index is 0.129. The largest absolute Gasteiger partial charge is 0.426 e. The molecule has 1 aromatic rings. The van der Waals surface area contributed by atoms with Crippen molar-refractivity contribution >= 4 is 16.0 Å². The van der Waals surface area contributed by atoms with Gasteiger partial charge in [-0.15, -0.1) is 0 Å². The molecule has 0 bridgehead atoms. The lowest BCUT2D eigenvalue weighted by atomic mass is 10.2. The minimum atomic E-state index is -3.99. The van der Waals surface area contributed by atoms with Gasteiger partial charge in [-0.3, -0.25) is 10.3 Å². The minimum Gasteiger partial charge on any atom is -0.426 e. The van der Waals surface area contributed by atoms with Gasteiger partial charge in [-0.25, -0.2) is 18.4 Å². The second-order valence-electron chi connectivity index (χ2n) is 3.51. The summed E-state index contributed by atoms with van der Waals surface area (Å²) < 4.78 is 27.6. The normalized spacial score (nSPS) is 12.1. The van der Waals surface area contributed by atoms with E-state index in [1.165, 1.54) is 44.5 Å². The summed E-state index contributed by atoms with van der Waals surface area (Å²) >= 11 is 0. The molecule has 0 radical (unpaired) electrons. The van der Waals surface area contributed by atoms with Gasteiger partial charge in [0.25, 0.3) is 0 Å². The summed E-state index contributed by atoms with van der Waals surface area (Å²) in [5, 5.41) is 5.02. The summed E-state index contributed by atoms with van der Waals surface area (Å²) in [5.74, 6) is -0.618. The Morgan fingerprint density at radius 1 is 1.37 bits per heavy atom. The number of hydrogen-bond acceptors (Lipinski definition) is 6. The summed E-state index contributed by atoms with van der Waals surface area (Å²) in [6, 6.07) is 5.53. The van der Waals surface area contributed by atoms with E-state index in [4.69, 9.17) is 9.88 Å². The van der Waals surface area contributed by atoms with Gasteiger partial charge in [0.05, 0.1) is 23.8 Å². The Kier molecular flexibility index (Phi) is 5.04. The van der Waals surface area contributed by atoms with Crippen LogP contribution in [0.25, 0.3) is 0 Å². The molecule has 0 spiro atoms. The van der Waals surface area contributed by atoms with Crippen LogP contribution in [0.1, 0.15) is 17.3 Å². The summed E-state index contributed by atoms with van der Waals surface area (Å²) in [4.78, 5) is 16.1. The first-order chi connectivity index (χ1) is 8.86. The van der Waals surface area contributed by atoms with Crippen LogP contribution in [0.3, 0.4) is 0 Å². The van der Waals surface area contributed by atoms with Gasteiger partial charge in [0.1, 0.15) is 5.76 Å². The molecular formula is C11H14N2O5S. The van der Waals surface area contributed by atoms with Crippen molar-refractivity contribution < 1.29 is 22.8 Å². The lowest BCUT2D eigenvalue weighted by molar-refractivity contribution is 0.0607. The van der Waals surface area contributed by atoms with Crippen molar-refractivity contribution in [2.24, 2.45) is 5.14 Å². The fraction of sp³-hybridized carbons (Fsp3) is 0.182. The Bertz CT molecular complexity index is 595. The van der Waals surface area contributed by atoms with Crippen molar-refractivity contribution in [3.63, 3.8) is 0 Å². The second kappa shape index (κ2) is 6.32. The predicted molar refractivity (Wildman–Crippen MR) is 67.1 cm³/mol. The van der Waals surface area contributed by atoms with E-state index >= 15 is 0 Å². The van der Waals surface area contributed by atoms with Crippen LogP contribution in [0.15, 0.2) is 41.1 Å². The van der Waals surface area contributed by atoms with E-state index in [0.29, 0.717) is 0 Å². The molecule has 19 heavy (non-hydrogen) atoms. The first kappa shape index (κ1) is 15.2. The molecule has 0 fully saturated rings. The van der Waals surface area contributed by atoms with Gasteiger partial charge in [0.2, 0.25) is 10.0 Å². The molecule has 1 aromatic carbocycles. The molecule has 104 valence electrons.